The number of amides is 1. The molecular formula is C25H35N5O. The minimum Gasteiger partial charge on any atom is -0.356 e. The van der Waals surface area contributed by atoms with Crippen LogP contribution in [-0.4, -0.2) is 60.3 Å². The molecule has 31 heavy (non-hydrogen) atoms. The number of likely N-dealkylation sites (tertiary alicyclic amines) is 1. The van der Waals surface area contributed by atoms with Crippen LogP contribution in [0.2, 0.25) is 0 Å². The molecule has 1 N–H and O–H groups in total. The second-order valence-electron chi connectivity index (χ2n) is 9.07. The number of carbonyl (C=O) groups is 1. The van der Waals surface area contributed by atoms with Crippen molar-refractivity contribution in [2.24, 2.45) is 11.8 Å². The van der Waals surface area contributed by atoms with Gasteiger partial charge in [0, 0.05) is 31.1 Å². The van der Waals surface area contributed by atoms with E-state index in [1.165, 1.54) is 25.9 Å². The predicted octanol–water partition coefficient (Wildman–Crippen LogP) is 3.60. The summed E-state index contributed by atoms with van der Waals surface area (Å²) in [5.74, 6) is 2.10. The number of nitrogens with one attached hydrogen (secondary N) is 1. The van der Waals surface area contributed by atoms with Crippen LogP contribution in [0.4, 0.5) is 5.82 Å². The minimum absolute atomic E-state index is 0.114. The van der Waals surface area contributed by atoms with Gasteiger partial charge >= 0.3 is 0 Å². The number of rotatable bonds is 7. The molecular weight excluding hydrogens is 386 g/mol. The SMILES string of the molecule is CC1CCN(CCCNC(=O)C2CCN(c3ccc(-c4ccccc4)nn3)CC2)CC1. The fraction of sp³-hybridized carbons (Fsp3) is 0.560. The van der Waals surface area contributed by atoms with Crippen LogP contribution in [0.25, 0.3) is 11.3 Å². The van der Waals surface area contributed by atoms with Gasteiger partial charge in [-0.25, -0.2) is 0 Å². The molecule has 6 nitrogen and oxygen atoms in total. The standard InChI is InChI=1S/C25H35N5O/c1-20-10-16-29(17-11-20)15-5-14-26-25(31)22-12-18-30(19-13-22)24-9-8-23(27-28-24)21-6-3-2-4-7-21/h2-4,6-9,20,22H,5,10-19H2,1H3,(H,26,31). The number of nitrogens with zero attached hydrogens (tertiary/aromatic N) is 4. The van der Waals surface area contributed by atoms with E-state index in [1.807, 2.05) is 42.5 Å². The van der Waals surface area contributed by atoms with Gasteiger partial charge in [-0.15, -0.1) is 10.2 Å². The van der Waals surface area contributed by atoms with Crippen molar-refractivity contribution < 1.29 is 4.79 Å². The van der Waals surface area contributed by atoms with Crippen molar-refractivity contribution in [3.05, 3.63) is 42.5 Å². The highest BCUT2D eigenvalue weighted by Gasteiger charge is 2.25. The zero-order valence-electron chi connectivity index (χ0n) is 18.7. The molecule has 2 aliphatic heterocycles. The normalized spacial score (nSPS) is 18.8. The molecule has 1 aromatic carbocycles. The molecule has 166 valence electrons. The number of benzene rings is 1. The molecule has 0 atom stereocenters. The smallest absolute Gasteiger partial charge is 0.223 e. The van der Waals surface area contributed by atoms with E-state index in [9.17, 15) is 4.79 Å². The zero-order chi connectivity index (χ0) is 21.5. The first-order valence-corrected chi connectivity index (χ1v) is 11.8. The first-order valence-electron chi connectivity index (χ1n) is 11.8. The van der Waals surface area contributed by atoms with Crippen LogP contribution in [-0.2, 0) is 4.79 Å². The molecule has 0 saturated carbocycles. The minimum atomic E-state index is 0.114. The van der Waals surface area contributed by atoms with Crippen LogP contribution >= 0.6 is 0 Å². The summed E-state index contributed by atoms with van der Waals surface area (Å²) in [6, 6.07) is 14.2. The summed E-state index contributed by atoms with van der Waals surface area (Å²) in [6.45, 7) is 8.36. The first kappa shape index (κ1) is 21.8. The van der Waals surface area contributed by atoms with Crippen molar-refractivity contribution in [3.8, 4) is 11.3 Å². The number of hydrogen-bond donors (Lipinski definition) is 1. The van der Waals surface area contributed by atoms with Gasteiger partial charge in [-0.3, -0.25) is 4.79 Å². The number of piperidine rings is 2. The zero-order valence-corrected chi connectivity index (χ0v) is 18.7. The van der Waals surface area contributed by atoms with Gasteiger partial charge in [0.1, 0.15) is 0 Å². The van der Waals surface area contributed by atoms with E-state index in [4.69, 9.17) is 0 Å². The van der Waals surface area contributed by atoms with Crippen LogP contribution in [0.3, 0.4) is 0 Å². The van der Waals surface area contributed by atoms with E-state index in [0.717, 1.165) is 68.4 Å². The molecule has 0 radical (unpaired) electrons. The van der Waals surface area contributed by atoms with Crippen molar-refractivity contribution in [3.63, 3.8) is 0 Å². The lowest BCUT2D eigenvalue weighted by molar-refractivity contribution is -0.125. The molecule has 3 heterocycles. The lowest BCUT2D eigenvalue weighted by Gasteiger charge is -2.32. The van der Waals surface area contributed by atoms with Crippen molar-refractivity contribution in [2.45, 2.75) is 39.0 Å². The molecule has 1 amide bonds. The highest BCUT2D eigenvalue weighted by molar-refractivity contribution is 5.78. The molecule has 2 aliphatic rings. The van der Waals surface area contributed by atoms with Crippen molar-refractivity contribution in [1.82, 2.24) is 20.4 Å². The second-order valence-corrected chi connectivity index (χ2v) is 9.07. The summed E-state index contributed by atoms with van der Waals surface area (Å²) in [5.41, 5.74) is 1.96. The Labute approximate surface area is 186 Å². The number of anilines is 1. The first-order chi connectivity index (χ1) is 15.2. The predicted molar refractivity (Wildman–Crippen MR) is 125 cm³/mol. The molecule has 0 spiro atoms. The van der Waals surface area contributed by atoms with Crippen molar-refractivity contribution >= 4 is 11.7 Å². The van der Waals surface area contributed by atoms with E-state index >= 15 is 0 Å². The molecule has 2 aromatic rings. The maximum atomic E-state index is 12.6. The topological polar surface area (TPSA) is 61.4 Å². The fourth-order valence-corrected chi connectivity index (χ4v) is 4.57. The summed E-state index contributed by atoms with van der Waals surface area (Å²) >= 11 is 0. The maximum Gasteiger partial charge on any atom is 0.223 e. The Bertz CT molecular complexity index is 810. The van der Waals surface area contributed by atoms with Crippen LogP contribution in [0, 0.1) is 11.8 Å². The highest BCUT2D eigenvalue weighted by atomic mass is 16.1. The number of carbonyl (C=O) groups excluding carboxylic acids is 1. The molecule has 1 aromatic heterocycles. The van der Waals surface area contributed by atoms with Gasteiger partial charge in [0.05, 0.1) is 5.69 Å². The number of hydrogen-bond acceptors (Lipinski definition) is 5. The summed E-state index contributed by atoms with van der Waals surface area (Å²) in [6.07, 6.45) is 5.41. The Kier molecular flexibility index (Phi) is 7.52. The van der Waals surface area contributed by atoms with Gasteiger partial charge in [0.2, 0.25) is 5.91 Å². The average molecular weight is 422 g/mol. The summed E-state index contributed by atoms with van der Waals surface area (Å²) in [5, 5.41) is 12.0. The van der Waals surface area contributed by atoms with Gasteiger partial charge < -0.3 is 15.1 Å². The van der Waals surface area contributed by atoms with E-state index in [-0.39, 0.29) is 11.8 Å². The molecule has 6 heteroatoms. The van der Waals surface area contributed by atoms with E-state index in [2.05, 4.69) is 32.2 Å². The van der Waals surface area contributed by atoms with Crippen molar-refractivity contribution in [2.75, 3.05) is 44.2 Å². The van der Waals surface area contributed by atoms with Gasteiger partial charge in [0.15, 0.2) is 5.82 Å². The Morgan fingerprint density at radius 3 is 2.39 bits per heavy atom. The Hall–Kier alpha value is -2.47. The Balaban J connectivity index is 1.17. The summed E-state index contributed by atoms with van der Waals surface area (Å²) < 4.78 is 0. The summed E-state index contributed by atoms with van der Waals surface area (Å²) in [4.78, 5) is 17.3. The average Bonchev–Trinajstić information content (AvgIpc) is 2.83. The van der Waals surface area contributed by atoms with Crippen LogP contribution in [0.1, 0.15) is 39.0 Å². The van der Waals surface area contributed by atoms with Gasteiger partial charge in [-0.05, 0) is 69.8 Å². The van der Waals surface area contributed by atoms with Crippen LogP contribution in [0.5, 0.6) is 0 Å². The summed E-state index contributed by atoms with van der Waals surface area (Å²) in [7, 11) is 0. The molecule has 0 bridgehead atoms. The van der Waals surface area contributed by atoms with E-state index < -0.39 is 0 Å². The quantitative estimate of drug-likeness (QED) is 0.692. The van der Waals surface area contributed by atoms with Gasteiger partial charge in [-0.1, -0.05) is 37.3 Å². The fourth-order valence-electron chi connectivity index (χ4n) is 4.57. The lowest BCUT2D eigenvalue weighted by atomic mass is 9.96. The van der Waals surface area contributed by atoms with Gasteiger partial charge in [-0.2, -0.15) is 0 Å². The van der Waals surface area contributed by atoms with Crippen LogP contribution in [0.15, 0.2) is 42.5 Å². The second kappa shape index (κ2) is 10.7. The van der Waals surface area contributed by atoms with E-state index in [1.54, 1.807) is 0 Å². The maximum absolute atomic E-state index is 12.6. The third-order valence-electron chi connectivity index (χ3n) is 6.74. The van der Waals surface area contributed by atoms with Crippen LogP contribution < -0.4 is 10.2 Å². The molecule has 4 rings (SSSR count). The highest BCUT2D eigenvalue weighted by Crippen LogP contribution is 2.23. The van der Waals surface area contributed by atoms with Crippen molar-refractivity contribution in [1.29, 1.82) is 0 Å². The molecule has 2 saturated heterocycles. The monoisotopic (exact) mass is 421 g/mol. The number of aromatic nitrogens is 2. The third kappa shape index (κ3) is 6.03. The largest absolute Gasteiger partial charge is 0.356 e. The lowest BCUT2D eigenvalue weighted by Crippen LogP contribution is -2.41. The molecule has 0 aliphatic carbocycles. The molecule has 2 fully saturated rings. The Morgan fingerprint density at radius 1 is 0.968 bits per heavy atom. The van der Waals surface area contributed by atoms with Gasteiger partial charge in [0.25, 0.3) is 0 Å². The molecule has 0 unspecified atom stereocenters. The third-order valence-corrected chi connectivity index (χ3v) is 6.74. The Morgan fingerprint density at radius 2 is 1.71 bits per heavy atom. The van der Waals surface area contributed by atoms with E-state index in [0.29, 0.717) is 0 Å².